The third-order valence-corrected chi connectivity index (χ3v) is 13.3. The molecule has 0 aromatic heterocycles. The van der Waals surface area contributed by atoms with E-state index in [1.54, 1.807) is 0 Å². The second-order valence-corrected chi connectivity index (χ2v) is 15.1. The Balaban J connectivity index is 0.00000130. The normalized spacial score (nSPS) is 41.2. The molecule has 2 spiro atoms. The maximum absolute atomic E-state index is 11.6. The Morgan fingerprint density at radius 1 is 0.886 bits per heavy atom. The molecule has 0 saturated heterocycles. The maximum Gasteiger partial charge on any atom is 0.302 e. The Bertz CT molecular complexity index is 912. The summed E-state index contributed by atoms with van der Waals surface area (Å²) >= 11 is 0. The van der Waals surface area contributed by atoms with E-state index in [-0.39, 0.29) is 49.5 Å². The largest absolute Gasteiger partial charge is 0.460 e. The van der Waals surface area contributed by atoms with Gasteiger partial charge in [-0.3, -0.25) is 4.79 Å². The van der Waals surface area contributed by atoms with Crippen LogP contribution in [0.5, 0.6) is 0 Å². The smallest absolute Gasteiger partial charge is 0.302 e. The van der Waals surface area contributed by atoms with Crippen LogP contribution in [0.1, 0.15) is 140 Å². The number of hydrogen-bond acceptors (Lipinski definition) is 6. The Morgan fingerprint density at radius 2 is 1.55 bits per heavy atom. The van der Waals surface area contributed by atoms with Crippen LogP contribution in [0, 0.1) is 45.3 Å². The molecule has 44 heavy (non-hydrogen) atoms. The number of fused-ring (bicyclic) bond motifs is 2. The van der Waals surface area contributed by atoms with Crippen LogP contribution in [0.3, 0.4) is 0 Å². The van der Waals surface area contributed by atoms with E-state index in [0.29, 0.717) is 28.3 Å². The van der Waals surface area contributed by atoms with Crippen molar-refractivity contribution in [1.29, 1.82) is 0 Å². The van der Waals surface area contributed by atoms with Crippen molar-refractivity contribution in [3.05, 3.63) is 0 Å². The number of aliphatic hydroxyl groups excluding tert-OH is 1. The van der Waals surface area contributed by atoms with Crippen molar-refractivity contribution >= 4 is 19.5 Å². The molecule has 5 saturated carbocycles. The van der Waals surface area contributed by atoms with Gasteiger partial charge in [-0.1, -0.05) is 54.9 Å². The van der Waals surface area contributed by atoms with Gasteiger partial charge in [0, 0.05) is 20.6 Å². The second kappa shape index (κ2) is 15.7. The molecule has 0 aromatic rings. The predicted molar refractivity (Wildman–Crippen MR) is 184 cm³/mol. The molecule has 0 bridgehead atoms. The number of carbonyl (C=O) groups excluding carboxylic acids is 1. The molecule has 0 radical (unpaired) electrons. The van der Waals surface area contributed by atoms with Crippen molar-refractivity contribution in [2.24, 2.45) is 45.3 Å². The Morgan fingerprint density at radius 3 is 2.11 bits per heavy atom. The molecule has 1 N–H and O–H groups in total. The predicted octanol–water partition coefficient (Wildman–Crippen LogP) is 8.69. The first kappa shape index (κ1) is 39.8. The SMILES string of the molecule is CC.CCOC(CC)O[C@H]1CCC23C[C@]24CCC2(C)C(CC)C(OC(C)[C@@H](C)OC(C)=O)CC2C4CCC3C1(C)C.CO.S. The van der Waals surface area contributed by atoms with Crippen LogP contribution in [0.2, 0.25) is 0 Å². The maximum atomic E-state index is 11.6. The number of esters is 1. The molecule has 5 rings (SSSR count). The van der Waals surface area contributed by atoms with Gasteiger partial charge < -0.3 is 24.1 Å². The molecule has 5 fully saturated rings. The summed E-state index contributed by atoms with van der Waals surface area (Å²) in [7, 11) is 1.00. The highest BCUT2D eigenvalue weighted by Gasteiger charge is 2.80. The molecule has 9 unspecified atom stereocenters. The Kier molecular flexibility index (Phi) is 14.2. The van der Waals surface area contributed by atoms with Gasteiger partial charge in [0.2, 0.25) is 0 Å². The third kappa shape index (κ3) is 6.66. The van der Waals surface area contributed by atoms with Crippen molar-refractivity contribution < 1.29 is 28.8 Å². The lowest BCUT2D eigenvalue weighted by Crippen LogP contribution is -2.55. The molecule has 12 atom stereocenters. The van der Waals surface area contributed by atoms with Crippen molar-refractivity contribution in [1.82, 2.24) is 0 Å². The van der Waals surface area contributed by atoms with Gasteiger partial charge in [0.05, 0.1) is 18.3 Å². The summed E-state index contributed by atoms with van der Waals surface area (Å²) in [6, 6.07) is 0. The zero-order valence-corrected chi connectivity index (χ0v) is 31.5. The Labute approximate surface area is 277 Å². The number of carbonyl (C=O) groups is 1. The van der Waals surface area contributed by atoms with Gasteiger partial charge in [-0.2, -0.15) is 13.5 Å². The molecule has 260 valence electrons. The van der Waals surface area contributed by atoms with E-state index in [4.69, 9.17) is 24.1 Å². The minimum atomic E-state index is -0.221. The van der Waals surface area contributed by atoms with Gasteiger partial charge in [-0.05, 0) is 124 Å². The zero-order chi connectivity index (χ0) is 32.4. The van der Waals surface area contributed by atoms with Crippen molar-refractivity contribution in [3.63, 3.8) is 0 Å². The molecule has 5 aliphatic rings. The van der Waals surface area contributed by atoms with Crippen LogP contribution in [-0.2, 0) is 23.7 Å². The fraction of sp³-hybridized carbons (Fsp3) is 0.973. The molecule has 6 nitrogen and oxygen atoms in total. The van der Waals surface area contributed by atoms with Crippen molar-refractivity contribution in [2.75, 3.05) is 13.7 Å². The van der Waals surface area contributed by atoms with Gasteiger partial charge >= 0.3 is 5.97 Å². The second-order valence-electron chi connectivity index (χ2n) is 15.1. The van der Waals surface area contributed by atoms with E-state index in [2.05, 4.69) is 48.5 Å². The summed E-state index contributed by atoms with van der Waals surface area (Å²) in [5.74, 6) is 2.70. The Hall–Kier alpha value is -0.340. The first-order chi connectivity index (χ1) is 20.4. The van der Waals surface area contributed by atoms with Crippen molar-refractivity contribution in [3.8, 4) is 0 Å². The van der Waals surface area contributed by atoms with Crippen LogP contribution in [0.25, 0.3) is 0 Å². The van der Waals surface area contributed by atoms with Gasteiger partial charge in [-0.15, -0.1) is 0 Å². The van der Waals surface area contributed by atoms with Crippen LogP contribution in [-0.4, -0.2) is 55.5 Å². The number of rotatable bonds is 10. The molecular formula is C37H70O6S. The minimum Gasteiger partial charge on any atom is -0.460 e. The van der Waals surface area contributed by atoms with Crippen LogP contribution in [0.15, 0.2) is 0 Å². The summed E-state index contributed by atoms with van der Waals surface area (Å²) in [5, 5.41) is 7.00. The quantitative estimate of drug-likeness (QED) is 0.190. The molecule has 0 heterocycles. The highest BCUT2D eigenvalue weighted by Crippen LogP contribution is 2.87. The topological polar surface area (TPSA) is 74.2 Å². The van der Waals surface area contributed by atoms with E-state index in [1.807, 2.05) is 20.8 Å². The summed E-state index contributed by atoms with van der Waals surface area (Å²) in [5.41, 5.74) is 1.60. The fourth-order valence-electron chi connectivity index (χ4n) is 11.4. The van der Waals surface area contributed by atoms with E-state index < -0.39 is 0 Å². The van der Waals surface area contributed by atoms with Crippen LogP contribution < -0.4 is 0 Å². The van der Waals surface area contributed by atoms with E-state index in [0.717, 1.165) is 37.9 Å². The van der Waals surface area contributed by atoms with Crippen LogP contribution >= 0.6 is 13.5 Å². The van der Waals surface area contributed by atoms with E-state index in [9.17, 15) is 4.79 Å². The van der Waals surface area contributed by atoms with Crippen LogP contribution in [0.4, 0.5) is 0 Å². The molecule has 5 aliphatic carbocycles. The monoisotopic (exact) mass is 642 g/mol. The average molecular weight is 643 g/mol. The van der Waals surface area contributed by atoms with E-state index in [1.165, 1.54) is 64.7 Å². The summed E-state index contributed by atoms with van der Waals surface area (Å²) in [6.07, 6.45) is 12.9. The summed E-state index contributed by atoms with van der Waals surface area (Å²) in [4.78, 5) is 11.6. The molecule has 7 heteroatoms. The number of ether oxygens (including phenoxy) is 4. The minimum absolute atomic E-state index is 0. The average Bonchev–Trinajstić information content (AvgIpc) is 3.56. The molecule has 0 aliphatic heterocycles. The summed E-state index contributed by atoms with van der Waals surface area (Å²) in [6.45, 7) is 24.5. The highest BCUT2D eigenvalue weighted by molar-refractivity contribution is 7.59. The first-order valence-corrected chi connectivity index (χ1v) is 17.9. The highest BCUT2D eigenvalue weighted by atomic mass is 32.1. The van der Waals surface area contributed by atoms with E-state index >= 15 is 0 Å². The lowest BCUT2D eigenvalue weighted by Gasteiger charge is -2.59. The standard InChI is InChI=1S/C34H58O5.C2H6.CH4O.H2S/c1-10-24-27(38-22(5)21(4)37-23(6)35)19-26-25-13-14-28-31(7,8)29(39-30(11-2)36-12-3)15-16-34(28)20-33(25,34)18-17-32(24,26)9;2*1-2;/h21-22,24-30H,10-20H2,1-9H3;1-2H3;2H,1H3;1H2/t21-,22?,24?,25?,26?,27?,28?,29+,30?,32?,33+,34?;;;/m1.../s1. The van der Waals surface area contributed by atoms with Gasteiger partial charge in [0.1, 0.15) is 6.10 Å². The molecule has 0 aromatic carbocycles. The first-order valence-electron chi connectivity index (χ1n) is 17.9. The third-order valence-electron chi connectivity index (χ3n) is 13.3. The number of aliphatic hydroxyl groups is 1. The molecule has 0 amide bonds. The summed E-state index contributed by atoms with van der Waals surface area (Å²) < 4.78 is 24.9. The van der Waals surface area contributed by atoms with Gasteiger partial charge in [-0.25, -0.2) is 0 Å². The number of hydrogen-bond donors (Lipinski definition) is 1. The lowest BCUT2D eigenvalue weighted by molar-refractivity contribution is -0.226. The lowest BCUT2D eigenvalue weighted by atomic mass is 9.46. The fourth-order valence-corrected chi connectivity index (χ4v) is 11.4. The zero-order valence-electron chi connectivity index (χ0n) is 30.5. The molecular weight excluding hydrogens is 572 g/mol. The van der Waals surface area contributed by atoms with Gasteiger partial charge in [0.15, 0.2) is 6.29 Å². The van der Waals surface area contributed by atoms with Gasteiger partial charge in [0.25, 0.3) is 0 Å². The van der Waals surface area contributed by atoms with Crippen molar-refractivity contribution in [2.45, 2.75) is 171 Å².